The molecular formula is C22H29N3O7S. The van der Waals surface area contributed by atoms with Crippen molar-refractivity contribution in [3.8, 4) is 18.2 Å². The fraction of sp³-hybridized carbons (Fsp3) is 0.455. The quantitative estimate of drug-likeness (QED) is 0.191. The number of aryl methyl sites for hydroxylation is 1. The molecule has 11 heteroatoms. The van der Waals surface area contributed by atoms with Gasteiger partial charge in [-0.05, 0) is 33.3 Å². The van der Waals surface area contributed by atoms with Crippen LogP contribution in [0.1, 0.15) is 37.9 Å². The standard InChI is InChI=1S/C22H29N3O7S/c1-7-25(20(29)15(12-33)24-21(30)32-22(3,4)5)17(19(28)23-11-16(26)31-6)14-10-8-9-13(2)18(14)27/h1,8-10,15,17,27,33H,11-12H2,2-6H3,(H,23,28)(H,24,30). The molecule has 0 bridgehead atoms. The first-order chi connectivity index (χ1) is 15.4. The predicted molar refractivity (Wildman–Crippen MR) is 123 cm³/mol. The Hall–Kier alpha value is -3.39. The number of ether oxygens (including phenoxy) is 2. The largest absolute Gasteiger partial charge is 0.507 e. The zero-order valence-corrected chi connectivity index (χ0v) is 20.1. The van der Waals surface area contributed by atoms with E-state index in [-0.39, 0.29) is 17.1 Å². The van der Waals surface area contributed by atoms with Crippen molar-refractivity contribution >= 4 is 36.5 Å². The molecule has 0 fully saturated rings. The third kappa shape index (κ3) is 7.91. The van der Waals surface area contributed by atoms with E-state index in [2.05, 4.69) is 34.0 Å². The summed E-state index contributed by atoms with van der Waals surface area (Å²) >= 11 is 4.10. The van der Waals surface area contributed by atoms with Crippen molar-refractivity contribution < 1.29 is 33.8 Å². The number of carbonyl (C=O) groups is 4. The summed E-state index contributed by atoms with van der Waals surface area (Å²) in [6.07, 6.45) is 4.70. The molecular weight excluding hydrogens is 450 g/mol. The molecule has 1 rings (SSSR count). The second-order valence-corrected chi connectivity index (χ2v) is 8.29. The van der Waals surface area contributed by atoms with E-state index in [0.717, 1.165) is 12.0 Å². The van der Waals surface area contributed by atoms with Crippen molar-refractivity contribution in [3.63, 3.8) is 0 Å². The molecule has 3 N–H and O–H groups in total. The normalized spacial score (nSPS) is 12.5. The van der Waals surface area contributed by atoms with Gasteiger partial charge in [0.05, 0.1) is 7.11 Å². The molecule has 0 spiro atoms. The van der Waals surface area contributed by atoms with Crippen LogP contribution >= 0.6 is 12.6 Å². The summed E-state index contributed by atoms with van der Waals surface area (Å²) in [5.41, 5.74) is -0.358. The Labute approximate surface area is 198 Å². The number of thiol groups is 1. The van der Waals surface area contributed by atoms with E-state index in [1.165, 1.54) is 6.07 Å². The minimum atomic E-state index is -1.52. The number of para-hydroxylation sites is 1. The van der Waals surface area contributed by atoms with Crippen LogP contribution in [0.5, 0.6) is 5.75 Å². The van der Waals surface area contributed by atoms with Gasteiger partial charge in [-0.2, -0.15) is 12.6 Å². The average Bonchev–Trinajstić information content (AvgIpc) is 2.74. The molecule has 10 nitrogen and oxygen atoms in total. The SMILES string of the molecule is C#CN(C(=O)C(CS)NC(=O)OC(C)(C)C)C(C(=O)NCC(=O)OC)c1cccc(C)c1O. The fourth-order valence-electron chi connectivity index (χ4n) is 2.70. The monoisotopic (exact) mass is 479 g/mol. The van der Waals surface area contributed by atoms with E-state index in [1.807, 2.05) is 0 Å². The zero-order chi connectivity index (χ0) is 25.3. The number of amides is 3. The number of hydrogen-bond acceptors (Lipinski definition) is 8. The van der Waals surface area contributed by atoms with Gasteiger partial charge in [0, 0.05) is 17.4 Å². The van der Waals surface area contributed by atoms with Crippen LogP contribution < -0.4 is 10.6 Å². The lowest BCUT2D eigenvalue weighted by Crippen LogP contribution is -2.52. The first-order valence-electron chi connectivity index (χ1n) is 9.89. The van der Waals surface area contributed by atoms with E-state index >= 15 is 0 Å². The first-order valence-corrected chi connectivity index (χ1v) is 10.5. The van der Waals surface area contributed by atoms with Crippen molar-refractivity contribution in [2.45, 2.75) is 45.4 Å². The molecule has 33 heavy (non-hydrogen) atoms. The van der Waals surface area contributed by atoms with Gasteiger partial charge < -0.3 is 25.2 Å². The number of methoxy groups -OCH3 is 1. The lowest BCUT2D eigenvalue weighted by Gasteiger charge is -2.30. The highest BCUT2D eigenvalue weighted by atomic mass is 32.1. The second kappa shape index (κ2) is 12.0. The first kappa shape index (κ1) is 27.6. The van der Waals surface area contributed by atoms with Gasteiger partial charge in [-0.1, -0.05) is 24.6 Å². The van der Waals surface area contributed by atoms with Crippen molar-refractivity contribution in [1.29, 1.82) is 0 Å². The highest BCUT2D eigenvalue weighted by Gasteiger charge is 2.37. The predicted octanol–water partition coefficient (Wildman–Crippen LogP) is 1.27. The molecule has 0 aromatic heterocycles. The van der Waals surface area contributed by atoms with Gasteiger partial charge in [-0.3, -0.25) is 19.3 Å². The number of benzene rings is 1. The summed E-state index contributed by atoms with van der Waals surface area (Å²) in [6.45, 7) is 6.07. The number of carbonyl (C=O) groups excluding carboxylic acids is 4. The molecule has 1 aromatic carbocycles. The summed E-state index contributed by atoms with van der Waals surface area (Å²) in [6, 6.07) is 3.96. The topological polar surface area (TPSA) is 134 Å². The third-order valence-electron chi connectivity index (χ3n) is 4.25. The Morgan fingerprint density at radius 3 is 2.42 bits per heavy atom. The van der Waals surface area contributed by atoms with Gasteiger partial charge in [0.2, 0.25) is 5.91 Å². The molecule has 0 aliphatic heterocycles. The van der Waals surface area contributed by atoms with Gasteiger partial charge in [-0.25, -0.2) is 4.79 Å². The number of nitrogens with one attached hydrogen (secondary N) is 2. The summed E-state index contributed by atoms with van der Waals surface area (Å²) in [4.78, 5) is 50.6. The van der Waals surface area contributed by atoms with Gasteiger partial charge in [0.25, 0.3) is 5.91 Å². The fourth-order valence-corrected chi connectivity index (χ4v) is 2.94. The van der Waals surface area contributed by atoms with Gasteiger partial charge in [-0.15, -0.1) is 0 Å². The van der Waals surface area contributed by atoms with E-state index in [9.17, 15) is 24.3 Å². The number of phenolic OH excluding ortho intramolecular Hbond substituents is 1. The van der Waals surface area contributed by atoms with Crippen molar-refractivity contribution in [2.75, 3.05) is 19.4 Å². The van der Waals surface area contributed by atoms with Gasteiger partial charge in [0.15, 0.2) is 6.04 Å². The van der Waals surface area contributed by atoms with Crippen LogP contribution in [0.25, 0.3) is 0 Å². The van der Waals surface area contributed by atoms with Crippen LogP contribution in [-0.4, -0.2) is 64.9 Å². The Kier molecular flexibility index (Phi) is 10.1. The van der Waals surface area contributed by atoms with Crippen molar-refractivity contribution in [1.82, 2.24) is 15.5 Å². The lowest BCUT2D eigenvalue weighted by atomic mass is 10.00. The van der Waals surface area contributed by atoms with E-state index < -0.39 is 48.1 Å². The van der Waals surface area contributed by atoms with Crippen LogP contribution in [0.15, 0.2) is 18.2 Å². The average molecular weight is 480 g/mol. The number of hydrogen-bond donors (Lipinski definition) is 4. The van der Waals surface area contributed by atoms with Crippen LogP contribution in [-0.2, 0) is 23.9 Å². The third-order valence-corrected chi connectivity index (χ3v) is 4.62. The van der Waals surface area contributed by atoms with Crippen molar-refractivity contribution in [2.24, 2.45) is 0 Å². The second-order valence-electron chi connectivity index (χ2n) is 7.93. The summed E-state index contributed by atoms with van der Waals surface area (Å²) in [7, 11) is 1.15. The molecule has 0 radical (unpaired) electrons. The molecule has 0 aliphatic rings. The molecule has 180 valence electrons. The molecule has 0 saturated carbocycles. The highest BCUT2D eigenvalue weighted by Crippen LogP contribution is 2.31. The number of nitrogens with zero attached hydrogens (tertiary/aromatic N) is 1. The van der Waals surface area contributed by atoms with Gasteiger partial charge >= 0.3 is 12.1 Å². The highest BCUT2D eigenvalue weighted by molar-refractivity contribution is 7.80. The Morgan fingerprint density at radius 1 is 1.27 bits per heavy atom. The Balaban J connectivity index is 3.34. The smallest absolute Gasteiger partial charge is 0.408 e. The van der Waals surface area contributed by atoms with Gasteiger partial charge in [0.1, 0.15) is 23.9 Å². The Morgan fingerprint density at radius 2 is 1.91 bits per heavy atom. The molecule has 0 saturated heterocycles. The molecule has 1 aromatic rings. The number of aromatic hydroxyl groups is 1. The number of alkyl carbamates (subject to hydrolysis) is 1. The van der Waals surface area contributed by atoms with Crippen LogP contribution in [0.3, 0.4) is 0 Å². The van der Waals surface area contributed by atoms with Crippen LogP contribution in [0.4, 0.5) is 4.79 Å². The summed E-state index contributed by atoms with van der Waals surface area (Å²) in [5.74, 6) is -2.84. The minimum absolute atomic E-state index is 0.0267. The maximum atomic E-state index is 13.2. The van der Waals surface area contributed by atoms with Crippen LogP contribution in [0.2, 0.25) is 0 Å². The minimum Gasteiger partial charge on any atom is -0.507 e. The molecule has 2 atom stereocenters. The summed E-state index contributed by atoms with van der Waals surface area (Å²) in [5, 5.41) is 15.3. The summed E-state index contributed by atoms with van der Waals surface area (Å²) < 4.78 is 9.67. The molecule has 0 aliphatic carbocycles. The Bertz CT molecular complexity index is 937. The van der Waals surface area contributed by atoms with E-state index in [4.69, 9.17) is 11.2 Å². The molecule has 0 heterocycles. The molecule has 2 unspecified atom stereocenters. The maximum Gasteiger partial charge on any atom is 0.408 e. The van der Waals surface area contributed by atoms with Crippen LogP contribution in [0, 0.1) is 19.4 Å². The number of rotatable bonds is 8. The molecule has 3 amide bonds. The maximum absolute atomic E-state index is 13.2. The zero-order valence-electron chi connectivity index (χ0n) is 19.2. The number of esters is 1. The van der Waals surface area contributed by atoms with E-state index in [1.54, 1.807) is 39.8 Å². The lowest BCUT2D eigenvalue weighted by molar-refractivity contribution is -0.142. The number of terminal acetylenes is 1. The van der Waals surface area contributed by atoms with Crippen molar-refractivity contribution in [3.05, 3.63) is 29.3 Å². The van der Waals surface area contributed by atoms with E-state index in [0.29, 0.717) is 5.56 Å². The number of phenols is 1.